The molecule has 4 rings (SSSR count). The third-order valence-electron chi connectivity index (χ3n) is 6.97. The first-order chi connectivity index (χ1) is 17.8. The van der Waals surface area contributed by atoms with Crippen LogP contribution in [0.25, 0.3) is 10.9 Å². The van der Waals surface area contributed by atoms with E-state index in [-0.39, 0.29) is 29.1 Å². The summed E-state index contributed by atoms with van der Waals surface area (Å²) in [6.07, 6.45) is 1.31. The number of nitrogens with two attached hydrogens (primary N) is 1. The summed E-state index contributed by atoms with van der Waals surface area (Å²) in [6, 6.07) is 22.7. The van der Waals surface area contributed by atoms with Crippen molar-refractivity contribution >= 4 is 28.3 Å². The highest BCUT2D eigenvalue weighted by atomic mass is 35.5. The van der Waals surface area contributed by atoms with Gasteiger partial charge in [-0.25, -0.2) is 4.98 Å². The van der Waals surface area contributed by atoms with Crippen molar-refractivity contribution in [1.29, 1.82) is 0 Å². The van der Waals surface area contributed by atoms with E-state index < -0.39 is 0 Å². The Hall–Kier alpha value is -3.28. The van der Waals surface area contributed by atoms with Crippen LogP contribution in [-0.4, -0.2) is 21.9 Å². The molecule has 0 aliphatic carbocycles. The predicted molar refractivity (Wildman–Crippen MR) is 151 cm³/mol. The largest absolute Gasteiger partial charge is 0.330 e. The molecular formula is C31H34ClN3O2. The maximum atomic E-state index is 14.0. The third kappa shape index (κ3) is 6.00. The summed E-state index contributed by atoms with van der Waals surface area (Å²) in [4.78, 5) is 32.9. The molecule has 0 bridgehead atoms. The average molecular weight is 516 g/mol. The van der Waals surface area contributed by atoms with Crippen molar-refractivity contribution in [2.24, 2.45) is 17.6 Å². The Bertz CT molecular complexity index is 1430. The monoisotopic (exact) mass is 515 g/mol. The van der Waals surface area contributed by atoms with Crippen LogP contribution >= 0.6 is 11.6 Å². The Morgan fingerprint density at radius 1 is 1.03 bits per heavy atom. The van der Waals surface area contributed by atoms with Crippen molar-refractivity contribution in [2.45, 2.75) is 46.1 Å². The average Bonchev–Trinajstić information content (AvgIpc) is 2.88. The first kappa shape index (κ1) is 26.8. The minimum absolute atomic E-state index is 0.0442. The lowest BCUT2D eigenvalue weighted by Gasteiger charge is -2.31. The van der Waals surface area contributed by atoms with Crippen molar-refractivity contribution in [3.05, 3.63) is 111 Å². The van der Waals surface area contributed by atoms with Crippen LogP contribution in [0.1, 0.15) is 59.9 Å². The van der Waals surface area contributed by atoms with E-state index in [1.54, 1.807) is 22.8 Å². The summed E-state index contributed by atoms with van der Waals surface area (Å²) >= 11 is 6.29. The molecule has 37 heavy (non-hydrogen) atoms. The third-order valence-corrected chi connectivity index (χ3v) is 7.21. The van der Waals surface area contributed by atoms with Gasteiger partial charge in [0.05, 0.1) is 17.4 Å². The predicted octanol–water partition coefficient (Wildman–Crippen LogP) is 6.38. The van der Waals surface area contributed by atoms with Gasteiger partial charge in [0.15, 0.2) is 5.78 Å². The standard InChI is InChI=1S/C31H34ClN3O2/c1-20(2)28(26(10-7-17-33)29(36)23-13-11-21(3)12-14-23)30-34-27-18-24(32)15-16-25(27)31(37)35(30)19-22-8-5-4-6-9-22/h4-6,8-9,11-16,18,20,26,28H,7,10,17,19,33H2,1-3H3/t26?,28-/m0/s1. The van der Waals surface area contributed by atoms with Crippen LogP contribution < -0.4 is 11.3 Å². The SMILES string of the molecule is Cc1ccc(C(=O)C(CCCN)[C@@H](c2nc3cc(Cl)ccc3c(=O)n2Cc2ccccc2)C(C)C)cc1. The number of halogens is 1. The molecular weight excluding hydrogens is 482 g/mol. The molecule has 4 aromatic rings. The lowest BCUT2D eigenvalue weighted by molar-refractivity contribution is 0.0867. The Morgan fingerprint density at radius 2 is 1.73 bits per heavy atom. The zero-order valence-electron chi connectivity index (χ0n) is 21.7. The Kier molecular flexibility index (Phi) is 8.57. The molecule has 0 aliphatic rings. The van der Waals surface area contributed by atoms with Gasteiger partial charge in [0.1, 0.15) is 5.82 Å². The number of aromatic nitrogens is 2. The van der Waals surface area contributed by atoms with Crippen LogP contribution in [0.5, 0.6) is 0 Å². The molecule has 0 saturated heterocycles. The van der Waals surface area contributed by atoms with Gasteiger partial charge in [-0.1, -0.05) is 85.6 Å². The van der Waals surface area contributed by atoms with Gasteiger partial charge < -0.3 is 5.73 Å². The van der Waals surface area contributed by atoms with E-state index in [4.69, 9.17) is 22.3 Å². The van der Waals surface area contributed by atoms with E-state index in [9.17, 15) is 9.59 Å². The lowest BCUT2D eigenvalue weighted by Crippen LogP contribution is -2.34. The number of carbonyl (C=O) groups excluding carboxylic acids is 1. The van der Waals surface area contributed by atoms with E-state index in [2.05, 4.69) is 13.8 Å². The van der Waals surface area contributed by atoms with Crippen LogP contribution in [0.3, 0.4) is 0 Å². The molecule has 0 spiro atoms. The Morgan fingerprint density at radius 3 is 2.38 bits per heavy atom. The van der Waals surface area contributed by atoms with Gasteiger partial charge >= 0.3 is 0 Å². The zero-order valence-corrected chi connectivity index (χ0v) is 22.4. The van der Waals surface area contributed by atoms with Crippen molar-refractivity contribution in [1.82, 2.24) is 9.55 Å². The van der Waals surface area contributed by atoms with Crippen LogP contribution in [0.4, 0.5) is 0 Å². The van der Waals surface area contributed by atoms with Gasteiger partial charge in [-0.3, -0.25) is 14.2 Å². The quantitative estimate of drug-likeness (QED) is 0.248. The van der Waals surface area contributed by atoms with Crippen molar-refractivity contribution in [3.8, 4) is 0 Å². The molecule has 2 atom stereocenters. The molecule has 0 aliphatic heterocycles. The van der Waals surface area contributed by atoms with Gasteiger partial charge in [-0.15, -0.1) is 0 Å². The van der Waals surface area contributed by atoms with Crippen LogP contribution in [0.15, 0.2) is 77.6 Å². The fraction of sp³-hybridized carbons (Fsp3) is 0.323. The van der Waals surface area contributed by atoms with Crippen molar-refractivity contribution in [3.63, 3.8) is 0 Å². The molecule has 0 amide bonds. The fourth-order valence-corrected chi connectivity index (χ4v) is 5.24. The van der Waals surface area contributed by atoms with E-state index in [0.717, 1.165) is 11.1 Å². The Labute approximate surface area is 223 Å². The molecule has 3 aromatic carbocycles. The van der Waals surface area contributed by atoms with Crippen LogP contribution in [0, 0.1) is 18.8 Å². The molecule has 1 aromatic heterocycles. The number of rotatable bonds is 10. The highest BCUT2D eigenvalue weighted by Gasteiger charge is 2.35. The molecule has 192 valence electrons. The first-order valence-corrected chi connectivity index (χ1v) is 13.2. The van der Waals surface area contributed by atoms with Crippen molar-refractivity contribution in [2.75, 3.05) is 6.54 Å². The second-order valence-corrected chi connectivity index (χ2v) is 10.5. The van der Waals surface area contributed by atoms with Crippen LogP contribution in [-0.2, 0) is 6.54 Å². The van der Waals surface area contributed by atoms with E-state index in [1.165, 1.54) is 0 Å². The lowest BCUT2D eigenvalue weighted by atomic mass is 9.76. The second-order valence-electron chi connectivity index (χ2n) is 10.0. The second kappa shape index (κ2) is 11.8. The first-order valence-electron chi connectivity index (χ1n) is 12.8. The number of carbonyl (C=O) groups is 1. The fourth-order valence-electron chi connectivity index (χ4n) is 5.07. The van der Waals surface area contributed by atoms with E-state index >= 15 is 0 Å². The molecule has 1 unspecified atom stereocenters. The number of fused-ring (bicyclic) bond motifs is 1. The summed E-state index contributed by atoms with van der Waals surface area (Å²) in [5.41, 5.74) is 9.07. The normalized spacial score (nSPS) is 13.1. The van der Waals surface area contributed by atoms with Gasteiger partial charge in [0, 0.05) is 22.4 Å². The molecule has 5 nitrogen and oxygen atoms in total. The molecule has 0 radical (unpaired) electrons. The number of benzene rings is 3. The summed E-state index contributed by atoms with van der Waals surface area (Å²) in [5, 5.41) is 1.03. The summed E-state index contributed by atoms with van der Waals surface area (Å²) < 4.78 is 1.74. The zero-order chi connectivity index (χ0) is 26.5. The number of hydrogen-bond donors (Lipinski definition) is 1. The molecule has 0 fully saturated rings. The molecule has 2 N–H and O–H groups in total. The van der Waals surface area contributed by atoms with Crippen molar-refractivity contribution < 1.29 is 4.79 Å². The molecule has 6 heteroatoms. The van der Waals surface area contributed by atoms with Gasteiger partial charge in [-0.2, -0.15) is 0 Å². The number of nitrogens with zero attached hydrogens (tertiary/aromatic N) is 2. The topological polar surface area (TPSA) is 78.0 Å². The van der Waals surface area contributed by atoms with E-state index in [0.29, 0.717) is 53.2 Å². The number of hydrogen-bond acceptors (Lipinski definition) is 4. The number of aryl methyl sites for hydroxylation is 1. The number of Topliss-reactive ketones (excluding diaryl/α,β-unsaturated/α-hetero) is 1. The highest BCUT2D eigenvalue weighted by Crippen LogP contribution is 2.37. The van der Waals surface area contributed by atoms with E-state index in [1.807, 2.05) is 61.5 Å². The summed E-state index contributed by atoms with van der Waals surface area (Å²) in [7, 11) is 0. The summed E-state index contributed by atoms with van der Waals surface area (Å²) in [5.74, 6) is 0.0413. The van der Waals surface area contributed by atoms with Crippen LogP contribution in [0.2, 0.25) is 5.02 Å². The smallest absolute Gasteiger partial charge is 0.261 e. The Balaban J connectivity index is 1.93. The number of ketones is 1. The van der Waals surface area contributed by atoms with Gasteiger partial charge in [-0.05, 0) is 56.0 Å². The minimum Gasteiger partial charge on any atom is -0.330 e. The van der Waals surface area contributed by atoms with Gasteiger partial charge in [0.25, 0.3) is 5.56 Å². The van der Waals surface area contributed by atoms with Gasteiger partial charge in [0.2, 0.25) is 0 Å². The minimum atomic E-state index is -0.378. The highest BCUT2D eigenvalue weighted by molar-refractivity contribution is 6.31. The molecule has 1 heterocycles. The molecule has 0 saturated carbocycles. The maximum Gasteiger partial charge on any atom is 0.261 e. The summed E-state index contributed by atoms with van der Waals surface area (Å²) in [6.45, 7) is 7.03. The maximum absolute atomic E-state index is 14.0.